The molecule has 3 unspecified atom stereocenters. The fourth-order valence-corrected chi connectivity index (χ4v) is 3.36. The molecule has 0 N–H and O–H groups in total. The number of allylic oxidation sites excluding steroid dienone is 4. The van der Waals surface area contributed by atoms with Crippen LogP contribution in [0.5, 0.6) is 0 Å². The maximum absolute atomic E-state index is 14.7. The molecule has 2 rings (SSSR count). The Morgan fingerprint density at radius 3 is 2.52 bits per heavy atom. The summed E-state index contributed by atoms with van der Waals surface area (Å²) in [4.78, 5) is 12.4. The molecular formula is C21H24F4O2. The zero-order valence-electron chi connectivity index (χ0n) is 15.6. The average Bonchev–Trinajstić information content (AvgIpc) is 2.64. The van der Waals surface area contributed by atoms with E-state index in [9.17, 15) is 22.4 Å². The van der Waals surface area contributed by atoms with Crippen LogP contribution in [0.1, 0.15) is 39.2 Å². The Kier molecular flexibility index (Phi) is 6.84. The number of benzene rings is 1. The van der Waals surface area contributed by atoms with Crippen molar-refractivity contribution < 1.29 is 27.1 Å². The molecule has 2 nitrogen and oxygen atoms in total. The monoisotopic (exact) mass is 384 g/mol. The normalized spacial score (nSPS) is 28.9. The molecule has 1 aliphatic rings. The smallest absolute Gasteiger partial charge is 0.309 e. The summed E-state index contributed by atoms with van der Waals surface area (Å²) in [6, 6.07) is 8.87. The molecule has 0 spiro atoms. The van der Waals surface area contributed by atoms with Gasteiger partial charge in [0, 0.05) is 5.92 Å². The summed E-state index contributed by atoms with van der Waals surface area (Å²) in [7, 11) is 0. The van der Waals surface area contributed by atoms with Crippen molar-refractivity contribution in [1.29, 1.82) is 0 Å². The van der Waals surface area contributed by atoms with Crippen LogP contribution in [0.3, 0.4) is 0 Å². The van der Waals surface area contributed by atoms with E-state index in [2.05, 4.69) is 0 Å². The van der Waals surface area contributed by atoms with Gasteiger partial charge in [0.15, 0.2) is 5.83 Å². The van der Waals surface area contributed by atoms with Gasteiger partial charge in [0.05, 0.1) is 12.3 Å². The highest BCUT2D eigenvalue weighted by atomic mass is 19.3. The summed E-state index contributed by atoms with van der Waals surface area (Å²) < 4.78 is 62.5. The first kappa shape index (κ1) is 21.2. The standard InChI is InChI=1S/C21H24F4O2/c1-13-9-14(2)19(23)18(22)11-21(24,25)17(10-13)15(3)20(26)27-12-16-7-5-4-6-8-16/h4-9,13,15,17H,10-12H2,1-3H3/b14-9-,19-18-. The van der Waals surface area contributed by atoms with Gasteiger partial charge in [-0.2, -0.15) is 0 Å². The Morgan fingerprint density at radius 2 is 1.89 bits per heavy atom. The Labute approximate surface area is 156 Å². The molecule has 0 aliphatic heterocycles. The molecule has 3 atom stereocenters. The van der Waals surface area contributed by atoms with E-state index >= 15 is 0 Å². The minimum Gasteiger partial charge on any atom is -0.461 e. The van der Waals surface area contributed by atoms with E-state index in [0.717, 1.165) is 5.56 Å². The minimum absolute atomic E-state index is 0.00393. The van der Waals surface area contributed by atoms with Crippen LogP contribution in [0.2, 0.25) is 0 Å². The second-order valence-corrected chi connectivity index (χ2v) is 7.21. The number of ether oxygens (including phenoxy) is 1. The molecule has 1 aromatic rings. The van der Waals surface area contributed by atoms with Gasteiger partial charge in [-0.05, 0) is 30.4 Å². The minimum atomic E-state index is -3.57. The van der Waals surface area contributed by atoms with Crippen molar-refractivity contribution in [1.82, 2.24) is 0 Å². The summed E-state index contributed by atoms with van der Waals surface area (Å²) in [6.07, 6.45) is -0.0183. The third kappa shape index (κ3) is 5.44. The van der Waals surface area contributed by atoms with Crippen molar-refractivity contribution in [2.45, 2.75) is 46.1 Å². The zero-order valence-corrected chi connectivity index (χ0v) is 15.6. The number of halogens is 4. The lowest BCUT2D eigenvalue weighted by atomic mass is 9.80. The third-order valence-corrected chi connectivity index (χ3v) is 4.88. The predicted molar refractivity (Wildman–Crippen MR) is 95.2 cm³/mol. The molecule has 0 aromatic heterocycles. The lowest BCUT2D eigenvalue weighted by Gasteiger charge is -2.31. The van der Waals surface area contributed by atoms with E-state index in [1.807, 2.05) is 6.07 Å². The van der Waals surface area contributed by atoms with Crippen LogP contribution in [0.25, 0.3) is 0 Å². The van der Waals surface area contributed by atoms with Gasteiger partial charge in [-0.1, -0.05) is 50.3 Å². The molecule has 1 aliphatic carbocycles. The van der Waals surface area contributed by atoms with Crippen LogP contribution in [-0.2, 0) is 16.1 Å². The van der Waals surface area contributed by atoms with E-state index < -0.39 is 47.7 Å². The van der Waals surface area contributed by atoms with E-state index in [-0.39, 0.29) is 18.6 Å². The first-order chi connectivity index (χ1) is 12.6. The van der Waals surface area contributed by atoms with Gasteiger partial charge in [0.2, 0.25) is 0 Å². The van der Waals surface area contributed by atoms with E-state index in [1.54, 1.807) is 31.2 Å². The Morgan fingerprint density at radius 1 is 1.26 bits per heavy atom. The van der Waals surface area contributed by atoms with Crippen molar-refractivity contribution in [3.8, 4) is 0 Å². The van der Waals surface area contributed by atoms with Gasteiger partial charge in [-0.25, -0.2) is 17.6 Å². The Bertz CT molecular complexity index is 725. The van der Waals surface area contributed by atoms with Crippen molar-refractivity contribution in [3.63, 3.8) is 0 Å². The maximum atomic E-state index is 14.7. The average molecular weight is 384 g/mol. The highest BCUT2D eigenvalue weighted by molar-refractivity contribution is 5.72. The predicted octanol–water partition coefficient (Wildman–Crippen LogP) is 6.14. The second-order valence-electron chi connectivity index (χ2n) is 7.21. The molecule has 27 heavy (non-hydrogen) atoms. The molecule has 0 saturated heterocycles. The highest BCUT2D eigenvalue weighted by Crippen LogP contribution is 2.43. The number of rotatable bonds is 4. The summed E-state index contributed by atoms with van der Waals surface area (Å²) in [5, 5.41) is 0. The fourth-order valence-electron chi connectivity index (χ4n) is 3.36. The first-order valence-corrected chi connectivity index (χ1v) is 8.93. The first-order valence-electron chi connectivity index (χ1n) is 8.93. The number of carbonyl (C=O) groups is 1. The molecule has 148 valence electrons. The number of esters is 1. The second kappa shape index (κ2) is 8.72. The summed E-state index contributed by atoms with van der Waals surface area (Å²) in [6.45, 7) is 4.32. The zero-order chi connectivity index (χ0) is 20.2. The number of carbonyl (C=O) groups excluding carboxylic acids is 1. The van der Waals surface area contributed by atoms with Gasteiger partial charge in [0.25, 0.3) is 5.92 Å². The molecule has 0 saturated carbocycles. The quantitative estimate of drug-likeness (QED) is 0.460. The van der Waals surface area contributed by atoms with Gasteiger partial charge >= 0.3 is 5.97 Å². The van der Waals surface area contributed by atoms with Crippen LogP contribution in [-0.4, -0.2) is 11.9 Å². The number of hydrogen-bond donors (Lipinski definition) is 0. The van der Waals surface area contributed by atoms with Crippen LogP contribution in [0, 0.1) is 17.8 Å². The maximum Gasteiger partial charge on any atom is 0.309 e. The summed E-state index contributed by atoms with van der Waals surface area (Å²) in [5.74, 6) is -10.1. The molecule has 0 amide bonds. The van der Waals surface area contributed by atoms with Crippen LogP contribution < -0.4 is 0 Å². The number of hydrogen-bond acceptors (Lipinski definition) is 2. The van der Waals surface area contributed by atoms with Crippen molar-refractivity contribution in [2.75, 3.05) is 0 Å². The topological polar surface area (TPSA) is 26.3 Å². The lowest BCUT2D eigenvalue weighted by Crippen LogP contribution is -2.38. The van der Waals surface area contributed by atoms with Crippen molar-refractivity contribution in [2.24, 2.45) is 17.8 Å². The van der Waals surface area contributed by atoms with Gasteiger partial charge in [-0.15, -0.1) is 0 Å². The van der Waals surface area contributed by atoms with E-state index in [0.29, 0.717) is 0 Å². The summed E-state index contributed by atoms with van der Waals surface area (Å²) >= 11 is 0. The van der Waals surface area contributed by atoms with Gasteiger partial charge < -0.3 is 4.74 Å². The van der Waals surface area contributed by atoms with Crippen LogP contribution in [0.15, 0.2) is 53.6 Å². The molecule has 0 heterocycles. The van der Waals surface area contributed by atoms with Crippen molar-refractivity contribution in [3.05, 3.63) is 59.2 Å². The number of alkyl halides is 2. The van der Waals surface area contributed by atoms with Crippen molar-refractivity contribution >= 4 is 5.97 Å². The van der Waals surface area contributed by atoms with E-state index in [1.165, 1.54) is 19.9 Å². The molecular weight excluding hydrogens is 360 g/mol. The summed E-state index contributed by atoms with van der Waals surface area (Å²) in [5.41, 5.74) is 0.734. The molecule has 0 radical (unpaired) electrons. The Balaban J connectivity index is 2.19. The lowest BCUT2D eigenvalue weighted by molar-refractivity contribution is -0.160. The van der Waals surface area contributed by atoms with Crippen LogP contribution >= 0.6 is 0 Å². The molecule has 6 heteroatoms. The van der Waals surface area contributed by atoms with Gasteiger partial charge in [0.1, 0.15) is 12.4 Å². The van der Waals surface area contributed by atoms with Crippen LogP contribution in [0.4, 0.5) is 17.6 Å². The SMILES string of the molecule is CC1=C/C(C)CC(C(C)C(=O)OCc2ccccc2)C(F)(F)C/C(F)=C\1F. The molecule has 0 bridgehead atoms. The largest absolute Gasteiger partial charge is 0.461 e. The molecule has 0 fully saturated rings. The Hall–Kier alpha value is -2.11. The molecule has 1 aromatic carbocycles. The van der Waals surface area contributed by atoms with Gasteiger partial charge in [-0.3, -0.25) is 4.79 Å². The fraction of sp³-hybridized carbons (Fsp3) is 0.476. The highest BCUT2D eigenvalue weighted by Gasteiger charge is 2.47. The van der Waals surface area contributed by atoms with E-state index in [4.69, 9.17) is 4.74 Å². The third-order valence-electron chi connectivity index (χ3n) is 4.88.